The molecular weight excluding hydrogens is 440 g/mol. The van der Waals surface area contributed by atoms with Gasteiger partial charge in [0.1, 0.15) is 5.76 Å². The summed E-state index contributed by atoms with van der Waals surface area (Å²) in [6, 6.07) is 18.6. The Kier molecular flexibility index (Phi) is 5.68. The molecule has 28 heavy (non-hydrogen) atoms. The molecule has 1 N–H and O–H groups in total. The molecule has 0 radical (unpaired) electrons. The maximum atomic E-state index is 12.7. The van der Waals surface area contributed by atoms with Crippen molar-refractivity contribution in [1.29, 1.82) is 0 Å². The highest BCUT2D eigenvalue weighted by atomic mass is 79.9. The monoisotopic (exact) mass is 460 g/mol. The molecule has 0 saturated carbocycles. The van der Waals surface area contributed by atoms with E-state index in [2.05, 4.69) is 43.8 Å². The lowest BCUT2D eigenvalue weighted by atomic mass is 9.98. The Morgan fingerprint density at radius 1 is 1.04 bits per heavy atom. The molecule has 1 aliphatic rings. The fraction of sp³-hybridized carbons (Fsp3) is 0.238. The minimum Gasteiger partial charge on any atom is -0.468 e. The first-order valence-corrected chi connectivity index (χ1v) is 11.4. The minimum atomic E-state index is -3.60. The molecule has 4 rings (SSSR count). The highest BCUT2D eigenvalue weighted by Gasteiger charge is 2.28. The first-order chi connectivity index (χ1) is 13.5. The fourth-order valence-corrected chi connectivity index (χ4v) is 4.86. The summed E-state index contributed by atoms with van der Waals surface area (Å²) in [4.78, 5) is 2.52. The average Bonchev–Trinajstić information content (AvgIpc) is 3.23. The van der Waals surface area contributed by atoms with Crippen molar-refractivity contribution in [3.05, 3.63) is 88.3 Å². The predicted octanol–water partition coefficient (Wildman–Crippen LogP) is 4.12. The normalized spacial score (nSPS) is 15.9. The largest absolute Gasteiger partial charge is 0.468 e. The van der Waals surface area contributed by atoms with E-state index in [0.29, 0.717) is 0 Å². The Bertz CT molecular complexity index is 1030. The molecule has 0 saturated heterocycles. The van der Waals surface area contributed by atoms with Gasteiger partial charge in [0.15, 0.2) is 0 Å². The van der Waals surface area contributed by atoms with E-state index < -0.39 is 10.0 Å². The quantitative estimate of drug-likeness (QED) is 0.600. The molecule has 1 aromatic heterocycles. The minimum absolute atomic E-state index is 0.173. The zero-order valence-corrected chi connectivity index (χ0v) is 17.6. The maximum Gasteiger partial charge on any atom is 0.240 e. The van der Waals surface area contributed by atoms with Crippen LogP contribution in [0.15, 0.2) is 80.7 Å². The number of nitrogens with zero attached hydrogens (tertiary/aromatic N) is 1. The van der Waals surface area contributed by atoms with Crippen LogP contribution < -0.4 is 4.72 Å². The number of hydrogen-bond donors (Lipinski definition) is 1. The van der Waals surface area contributed by atoms with Crippen LogP contribution in [0.1, 0.15) is 22.9 Å². The smallest absolute Gasteiger partial charge is 0.240 e. The van der Waals surface area contributed by atoms with Crippen molar-refractivity contribution in [1.82, 2.24) is 9.62 Å². The summed E-state index contributed by atoms with van der Waals surface area (Å²) in [6.45, 7) is 1.86. The molecule has 1 atom stereocenters. The van der Waals surface area contributed by atoms with Crippen LogP contribution in [0.4, 0.5) is 0 Å². The third-order valence-electron chi connectivity index (χ3n) is 5.06. The summed E-state index contributed by atoms with van der Waals surface area (Å²) in [5, 5.41) is 0. The van der Waals surface area contributed by atoms with Gasteiger partial charge in [0.05, 0.1) is 17.2 Å². The van der Waals surface area contributed by atoms with E-state index in [1.54, 1.807) is 30.5 Å². The number of rotatable bonds is 6. The summed E-state index contributed by atoms with van der Waals surface area (Å²) in [5.41, 5.74) is 2.63. The van der Waals surface area contributed by atoms with Crippen molar-refractivity contribution < 1.29 is 12.8 Å². The number of halogens is 1. The second-order valence-electron chi connectivity index (χ2n) is 6.83. The molecule has 0 spiro atoms. The van der Waals surface area contributed by atoms with Crippen molar-refractivity contribution in [3.8, 4) is 0 Å². The first kappa shape index (κ1) is 19.4. The van der Waals surface area contributed by atoms with Gasteiger partial charge in [-0.1, -0.05) is 40.2 Å². The maximum absolute atomic E-state index is 12.7. The van der Waals surface area contributed by atoms with Gasteiger partial charge in [0.25, 0.3) is 0 Å². The van der Waals surface area contributed by atoms with Crippen LogP contribution in [0.2, 0.25) is 0 Å². The van der Waals surface area contributed by atoms with Gasteiger partial charge in [-0.3, -0.25) is 4.90 Å². The summed E-state index contributed by atoms with van der Waals surface area (Å²) in [7, 11) is -3.60. The van der Waals surface area contributed by atoms with E-state index in [-0.39, 0.29) is 17.5 Å². The van der Waals surface area contributed by atoms with Crippen molar-refractivity contribution in [2.45, 2.75) is 23.9 Å². The van der Waals surface area contributed by atoms with Crippen LogP contribution in [0.5, 0.6) is 0 Å². The van der Waals surface area contributed by atoms with Crippen LogP contribution in [-0.4, -0.2) is 26.4 Å². The Labute approximate surface area is 173 Å². The molecule has 0 amide bonds. The van der Waals surface area contributed by atoms with E-state index in [0.717, 1.165) is 29.7 Å². The second-order valence-corrected chi connectivity index (χ2v) is 9.51. The van der Waals surface area contributed by atoms with Crippen molar-refractivity contribution in [2.24, 2.45) is 0 Å². The van der Waals surface area contributed by atoms with Gasteiger partial charge in [0.2, 0.25) is 10.0 Å². The molecule has 0 unspecified atom stereocenters. The lowest BCUT2D eigenvalue weighted by molar-refractivity contribution is 0.160. The number of nitrogens with one attached hydrogen (secondary N) is 1. The first-order valence-electron chi connectivity index (χ1n) is 9.12. The lowest BCUT2D eigenvalue weighted by Crippen LogP contribution is -2.40. The zero-order chi connectivity index (χ0) is 19.6. The van der Waals surface area contributed by atoms with E-state index in [9.17, 15) is 8.42 Å². The molecule has 2 aromatic carbocycles. The molecule has 5 nitrogen and oxygen atoms in total. The van der Waals surface area contributed by atoms with Crippen molar-refractivity contribution >= 4 is 26.0 Å². The number of sulfonamides is 1. The topological polar surface area (TPSA) is 62.6 Å². The number of furan rings is 1. The molecule has 0 fully saturated rings. The Hall–Kier alpha value is -1.93. The van der Waals surface area contributed by atoms with Crippen LogP contribution in [0.25, 0.3) is 0 Å². The van der Waals surface area contributed by atoms with Gasteiger partial charge in [-0.25, -0.2) is 13.1 Å². The van der Waals surface area contributed by atoms with Crippen molar-refractivity contribution in [2.75, 3.05) is 13.1 Å². The third kappa shape index (κ3) is 4.22. The molecule has 0 bridgehead atoms. The van der Waals surface area contributed by atoms with E-state index in [1.165, 1.54) is 11.1 Å². The predicted molar refractivity (Wildman–Crippen MR) is 111 cm³/mol. The third-order valence-corrected chi connectivity index (χ3v) is 7.03. The van der Waals surface area contributed by atoms with Crippen LogP contribution in [0, 0.1) is 0 Å². The summed E-state index contributed by atoms with van der Waals surface area (Å²) >= 11 is 3.33. The molecule has 2 heterocycles. The SMILES string of the molecule is O=S(=O)(NC[C@@H](c1ccco1)N1CCc2ccccc2C1)c1ccc(Br)cc1. The van der Waals surface area contributed by atoms with Crippen LogP contribution in [-0.2, 0) is 23.0 Å². The summed E-state index contributed by atoms with van der Waals surface area (Å²) in [5.74, 6) is 0.762. The number of benzene rings is 2. The van der Waals surface area contributed by atoms with Gasteiger partial charge in [-0.15, -0.1) is 0 Å². The van der Waals surface area contributed by atoms with Crippen LogP contribution >= 0.6 is 15.9 Å². The standard InChI is InChI=1S/C21H21BrN2O3S/c22-18-7-9-19(10-8-18)28(25,26)23-14-20(21-6-3-13-27-21)24-12-11-16-4-1-2-5-17(16)15-24/h1-10,13,20,23H,11-12,14-15H2/t20-/m0/s1. The fourth-order valence-electron chi connectivity index (χ4n) is 3.56. The van der Waals surface area contributed by atoms with Gasteiger partial charge in [-0.05, 0) is 53.9 Å². The van der Waals surface area contributed by atoms with Crippen LogP contribution in [0.3, 0.4) is 0 Å². The van der Waals surface area contributed by atoms with Gasteiger partial charge >= 0.3 is 0 Å². The molecule has 3 aromatic rings. The van der Waals surface area contributed by atoms with E-state index >= 15 is 0 Å². The molecule has 1 aliphatic heterocycles. The van der Waals surface area contributed by atoms with Gasteiger partial charge < -0.3 is 4.42 Å². The Balaban J connectivity index is 1.54. The highest BCUT2D eigenvalue weighted by molar-refractivity contribution is 9.10. The van der Waals surface area contributed by atoms with Crippen molar-refractivity contribution in [3.63, 3.8) is 0 Å². The zero-order valence-electron chi connectivity index (χ0n) is 15.2. The average molecular weight is 461 g/mol. The number of hydrogen-bond acceptors (Lipinski definition) is 4. The molecule has 7 heteroatoms. The second kappa shape index (κ2) is 8.21. The molecule has 0 aliphatic carbocycles. The summed E-state index contributed by atoms with van der Waals surface area (Å²) in [6.07, 6.45) is 2.57. The lowest BCUT2D eigenvalue weighted by Gasteiger charge is -2.34. The molecular formula is C21H21BrN2O3S. The number of fused-ring (bicyclic) bond motifs is 1. The highest BCUT2D eigenvalue weighted by Crippen LogP contribution is 2.28. The van der Waals surface area contributed by atoms with Gasteiger partial charge in [0, 0.05) is 24.1 Å². The van der Waals surface area contributed by atoms with E-state index in [1.807, 2.05) is 18.2 Å². The Morgan fingerprint density at radius 2 is 1.79 bits per heavy atom. The van der Waals surface area contributed by atoms with E-state index in [4.69, 9.17) is 4.42 Å². The molecule has 146 valence electrons. The van der Waals surface area contributed by atoms with Gasteiger partial charge in [-0.2, -0.15) is 0 Å². The Morgan fingerprint density at radius 3 is 2.50 bits per heavy atom. The summed E-state index contributed by atoms with van der Waals surface area (Å²) < 4.78 is 34.7.